The zero-order valence-electron chi connectivity index (χ0n) is 33.4. The van der Waals surface area contributed by atoms with Crippen LogP contribution in [0.15, 0.2) is 66.3 Å². The Hall–Kier alpha value is -2.72. The molecule has 1 spiro atoms. The Morgan fingerprint density at radius 1 is 1.00 bits per heavy atom. The summed E-state index contributed by atoms with van der Waals surface area (Å²) in [5.74, 6) is 0.282. The van der Waals surface area contributed by atoms with Gasteiger partial charge in [-0.15, -0.1) is 0 Å². The minimum absolute atomic E-state index is 0. The van der Waals surface area contributed by atoms with Gasteiger partial charge in [-0.3, -0.25) is 14.6 Å². The standard InChI is InChI=1S/C23H30N2O5.C21H24N2O2.Ac/c1-5-21-9-6-11-25-12-10-22(17(21)25)15-8-7-14(29-3)13-16(15)24(2)18(22)23(28,19(21)26)20(27)30-4;1-3-14-10-13-11-21(20(24)25-2)18-16(8-9-23(12-13)19(14)21)15-6-4-5-7-17(15)22-18;/h6-9,13,17-19,26,28H,5,10-12H2,1-4H3;4-7,10,13,19,22H,3,8-9,11-12H2,1-2H3;/t17?,18?,19?,21-,22-,23?;13?,19?,21-;/m10./s1. The molecule has 2 saturated heterocycles. The van der Waals surface area contributed by atoms with Crippen LogP contribution in [0.1, 0.15) is 56.4 Å². The SMILES string of the molecule is CCC1=CC2CN3CCc4c([nH]c5ccccc45)[C@@](C(=O)OC)(C2)C13.CC[C@]12C=CCN3CC[C@@]4(c5ccc(OC)cc5N(C)C4C(O)(C(=O)OC)C1O)C32.[Ac]. The fraction of sp³-hybridized carbons (Fsp3) is 0.545. The molecule has 8 aliphatic rings. The summed E-state index contributed by atoms with van der Waals surface area (Å²) in [5, 5.41) is 25.0. The van der Waals surface area contributed by atoms with Crippen molar-refractivity contribution < 1.29 is 78.1 Å². The number of methoxy groups -OCH3 is 3. The summed E-state index contributed by atoms with van der Waals surface area (Å²) in [6.45, 7) is 7.95. The van der Waals surface area contributed by atoms with Crippen LogP contribution in [0.3, 0.4) is 0 Å². The van der Waals surface area contributed by atoms with Gasteiger partial charge < -0.3 is 34.3 Å². The molecule has 4 bridgehead atoms. The molecule has 1 aromatic heterocycles. The molecule has 6 aliphatic heterocycles. The molecule has 0 amide bonds. The van der Waals surface area contributed by atoms with Crippen LogP contribution >= 0.6 is 0 Å². The Morgan fingerprint density at radius 2 is 1.77 bits per heavy atom. The van der Waals surface area contributed by atoms with Gasteiger partial charge in [0, 0.05) is 116 Å². The third kappa shape index (κ3) is 4.98. The zero-order valence-corrected chi connectivity index (χ0v) is 38.1. The van der Waals surface area contributed by atoms with Gasteiger partial charge in [-0.1, -0.05) is 61.9 Å². The first-order chi connectivity index (χ1) is 26.5. The molecule has 2 aliphatic carbocycles. The number of ether oxygens (including phenoxy) is 3. The van der Waals surface area contributed by atoms with Gasteiger partial charge in [0.2, 0.25) is 5.60 Å². The van der Waals surface area contributed by atoms with Crippen LogP contribution in [-0.2, 0) is 36.3 Å². The third-order valence-electron chi connectivity index (χ3n) is 14.9. The Kier molecular flexibility index (Phi) is 10.2. The first-order valence-corrected chi connectivity index (χ1v) is 20.0. The van der Waals surface area contributed by atoms with E-state index in [1.807, 2.05) is 37.1 Å². The smallest absolute Gasteiger partial charge is 0.342 e. The normalized spacial score (nSPS) is 36.8. The zero-order chi connectivity index (χ0) is 38.7. The predicted molar refractivity (Wildman–Crippen MR) is 209 cm³/mol. The Morgan fingerprint density at radius 3 is 2.48 bits per heavy atom. The molecule has 10 atom stereocenters. The molecule has 11 rings (SSSR count). The van der Waals surface area contributed by atoms with Crippen molar-refractivity contribution in [2.75, 3.05) is 59.5 Å². The van der Waals surface area contributed by atoms with Crippen LogP contribution in [0.5, 0.6) is 5.75 Å². The molecule has 2 aromatic carbocycles. The average Bonchev–Trinajstić information content (AvgIpc) is 3.86. The van der Waals surface area contributed by atoms with E-state index in [0.29, 0.717) is 12.3 Å². The number of hydrogen-bond donors (Lipinski definition) is 3. The van der Waals surface area contributed by atoms with Crippen LogP contribution in [0.2, 0.25) is 0 Å². The Labute approximate surface area is 365 Å². The number of carbonyl (C=O) groups excluding carboxylic acids is 2. The van der Waals surface area contributed by atoms with E-state index in [1.165, 1.54) is 30.7 Å². The third-order valence-corrected chi connectivity index (χ3v) is 14.9. The minimum Gasteiger partial charge on any atom is -0.497 e. The number of H-pyrrole nitrogens is 1. The van der Waals surface area contributed by atoms with E-state index in [1.54, 1.807) is 7.11 Å². The number of nitrogens with one attached hydrogen (secondary N) is 1. The van der Waals surface area contributed by atoms with Crippen molar-refractivity contribution in [2.24, 2.45) is 11.3 Å². The van der Waals surface area contributed by atoms with Gasteiger partial charge in [0.15, 0.2) is 0 Å². The fourth-order valence-electron chi connectivity index (χ4n) is 13.0. The number of nitrogens with zero attached hydrogens (tertiary/aromatic N) is 3. The van der Waals surface area contributed by atoms with Gasteiger partial charge >= 0.3 is 11.9 Å². The van der Waals surface area contributed by atoms with Gasteiger partial charge in [-0.2, -0.15) is 0 Å². The summed E-state index contributed by atoms with van der Waals surface area (Å²) in [6.07, 6.45) is 9.47. The van der Waals surface area contributed by atoms with Gasteiger partial charge in [-0.05, 0) is 67.8 Å². The number of esters is 2. The van der Waals surface area contributed by atoms with E-state index in [2.05, 4.69) is 64.2 Å². The Balaban J connectivity index is 0.000000157. The monoisotopic (exact) mass is 977 g/mol. The van der Waals surface area contributed by atoms with Crippen molar-refractivity contribution in [1.82, 2.24) is 14.8 Å². The van der Waals surface area contributed by atoms with E-state index < -0.39 is 40.0 Å². The van der Waals surface area contributed by atoms with E-state index in [0.717, 1.165) is 80.1 Å². The topological polar surface area (TPSA) is 128 Å². The van der Waals surface area contributed by atoms with Crippen molar-refractivity contribution in [3.63, 3.8) is 0 Å². The van der Waals surface area contributed by atoms with Crippen LogP contribution < -0.4 is 9.64 Å². The molecular formula is C44H54AcN4O7. The van der Waals surface area contributed by atoms with Crippen LogP contribution in [0.4, 0.5) is 5.69 Å². The second-order valence-corrected chi connectivity index (χ2v) is 16.9. The van der Waals surface area contributed by atoms with E-state index in [9.17, 15) is 19.8 Å². The average molecular weight is 978 g/mol. The summed E-state index contributed by atoms with van der Waals surface area (Å²) in [6, 6.07) is 13.9. The quantitative estimate of drug-likeness (QED) is 0.253. The van der Waals surface area contributed by atoms with Crippen LogP contribution in [-0.4, -0.2) is 121 Å². The number of aromatic amines is 1. The van der Waals surface area contributed by atoms with Crippen molar-refractivity contribution >= 4 is 28.5 Å². The molecule has 11 nitrogen and oxygen atoms in total. The van der Waals surface area contributed by atoms with Crippen molar-refractivity contribution in [1.29, 1.82) is 0 Å². The molecule has 3 N–H and O–H groups in total. The molecule has 1 saturated carbocycles. The number of piperidine rings is 1. The molecule has 7 unspecified atom stereocenters. The van der Waals surface area contributed by atoms with E-state index in [-0.39, 0.29) is 62.1 Å². The van der Waals surface area contributed by atoms with E-state index >= 15 is 0 Å². The number of rotatable bonds is 5. The molecule has 1 radical (unpaired) electrons. The number of likely N-dealkylation sites (N-methyl/N-ethyl adjacent to an activating group) is 1. The summed E-state index contributed by atoms with van der Waals surface area (Å²) in [5.41, 5.74) is 3.05. The largest absolute Gasteiger partial charge is 0.497 e. The Bertz CT molecular complexity index is 2140. The summed E-state index contributed by atoms with van der Waals surface area (Å²) in [4.78, 5) is 36.9. The second kappa shape index (κ2) is 14.2. The first kappa shape index (κ1) is 40.1. The number of aliphatic hydroxyl groups is 2. The second-order valence-electron chi connectivity index (χ2n) is 16.9. The number of anilines is 1. The number of benzene rings is 2. The summed E-state index contributed by atoms with van der Waals surface area (Å²) < 4.78 is 16.0. The van der Waals surface area contributed by atoms with E-state index in [4.69, 9.17) is 14.2 Å². The maximum absolute atomic E-state index is 13.2. The van der Waals surface area contributed by atoms with Crippen LogP contribution in [0.25, 0.3) is 10.9 Å². The number of fused-ring (bicyclic) bond motifs is 4. The molecule has 56 heavy (non-hydrogen) atoms. The molecule has 7 heterocycles. The summed E-state index contributed by atoms with van der Waals surface area (Å²) >= 11 is 0. The van der Waals surface area contributed by atoms with Crippen molar-refractivity contribution in [3.05, 3.63) is 83.1 Å². The molecule has 3 fully saturated rings. The van der Waals surface area contributed by atoms with Crippen molar-refractivity contribution in [3.8, 4) is 5.75 Å². The number of aromatic nitrogens is 1. The maximum Gasteiger partial charge on any atom is 0.342 e. The molecule has 295 valence electrons. The summed E-state index contributed by atoms with van der Waals surface area (Å²) in [7, 11) is 6.32. The predicted octanol–water partition coefficient (Wildman–Crippen LogP) is 4.25. The van der Waals surface area contributed by atoms with Gasteiger partial charge in [0.25, 0.3) is 0 Å². The van der Waals surface area contributed by atoms with Gasteiger partial charge in [0.1, 0.15) is 17.3 Å². The molecule has 12 heteroatoms. The molecular weight excluding hydrogens is 924 g/mol. The number of aliphatic hydroxyl groups excluding tert-OH is 1. The first-order valence-electron chi connectivity index (χ1n) is 20.0. The number of para-hydroxylation sites is 1. The maximum atomic E-state index is 13.2. The van der Waals surface area contributed by atoms with Gasteiger partial charge in [0.05, 0.1) is 33.4 Å². The van der Waals surface area contributed by atoms with Gasteiger partial charge in [-0.25, -0.2) is 4.79 Å². The molecule has 3 aromatic rings. The number of hydrogen-bond acceptors (Lipinski definition) is 10. The van der Waals surface area contributed by atoms with Crippen LogP contribution in [0, 0.1) is 55.4 Å². The minimum atomic E-state index is -2.07. The number of carbonyl (C=O) groups is 2. The van der Waals surface area contributed by atoms with Crippen molar-refractivity contribution in [2.45, 2.75) is 86.6 Å². The fourth-order valence-corrected chi connectivity index (χ4v) is 13.0.